The SMILES string of the molecule is Cc1cscc1C(Br)c1cc2c(cc1Br)n(C)c(=O)n2C. The van der Waals surface area contributed by atoms with Gasteiger partial charge in [-0.2, -0.15) is 11.3 Å². The third-order valence-electron chi connectivity index (χ3n) is 3.83. The number of hydrogen-bond acceptors (Lipinski definition) is 2. The van der Waals surface area contributed by atoms with Gasteiger partial charge >= 0.3 is 5.69 Å². The van der Waals surface area contributed by atoms with E-state index in [9.17, 15) is 4.79 Å². The molecule has 0 spiro atoms. The lowest BCUT2D eigenvalue weighted by molar-refractivity contribution is 0.795. The second-order valence-corrected chi connectivity index (χ2v) is 7.65. The molecule has 3 aromatic rings. The summed E-state index contributed by atoms with van der Waals surface area (Å²) >= 11 is 9.14. The van der Waals surface area contributed by atoms with Gasteiger partial charge < -0.3 is 0 Å². The van der Waals surface area contributed by atoms with Gasteiger partial charge in [-0.15, -0.1) is 0 Å². The lowest BCUT2D eigenvalue weighted by atomic mass is 10.0. The van der Waals surface area contributed by atoms with E-state index < -0.39 is 0 Å². The highest BCUT2D eigenvalue weighted by atomic mass is 79.9. The number of benzene rings is 1. The molecule has 6 heteroatoms. The van der Waals surface area contributed by atoms with Gasteiger partial charge in [0.25, 0.3) is 0 Å². The molecule has 2 aromatic heterocycles. The fourth-order valence-corrected chi connectivity index (χ4v) is 5.32. The summed E-state index contributed by atoms with van der Waals surface area (Å²) in [7, 11) is 3.60. The largest absolute Gasteiger partial charge is 0.328 e. The highest BCUT2D eigenvalue weighted by Crippen LogP contribution is 2.39. The molecule has 1 atom stereocenters. The third-order valence-corrected chi connectivity index (χ3v) is 6.38. The van der Waals surface area contributed by atoms with Crippen LogP contribution in [0.5, 0.6) is 0 Å². The smallest absolute Gasteiger partial charge is 0.295 e. The van der Waals surface area contributed by atoms with E-state index in [1.54, 1.807) is 34.6 Å². The molecule has 3 rings (SSSR count). The molecular weight excluding hydrogens is 416 g/mol. The molecule has 0 radical (unpaired) electrons. The van der Waals surface area contributed by atoms with E-state index in [2.05, 4.69) is 55.6 Å². The molecule has 0 saturated heterocycles. The average Bonchev–Trinajstić information content (AvgIpc) is 2.97. The van der Waals surface area contributed by atoms with Crippen molar-refractivity contribution in [2.24, 2.45) is 14.1 Å². The molecule has 0 aliphatic rings. The predicted molar refractivity (Wildman–Crippen MR) is 95.7 cm³/mol. The van der Waals surface area contributed by atoms with Crippen LogP contribution in [-0.4, -0.2) is 9.13 Å². The van der Waals surface area contributed by atoms with Crippen LogP contribution in [0.3, 0.4) is 0 Å². The molecule has 0 bridgehead atoms. The standard InChI is InChI=1S/C15H14Br2N2OS/c1-8-6-21-7-10(8)14(17)9-4-12-13(5-11(9)16)19(3)15(20)18(12)2/h4-7,14H,1-3H3. The summed E-state index contributed by atoms with van der Waals surface area (Å²) in [4.78, 5) is 12.2. The molecule has 21 heavy (non-hydrogen) atoms. The first-order valence-corrected chi connectivity index (χ1v) is 9.08. The molecule has 0 amide bonds. The maximum atomic E-state index is 12.1. The zero-order valence-electron chi connectivity index (χ0n) is 11.9. The van der Waals surface area contributed by atoms with Crippen LogP contribution in [0.2, 0.25) is 0 Å². The number of aromatic nitrogens is 2. The number of halogens is 2. The molecule has 2 heterocycles. The molecule has 0 aliphatic carbocycles. The van der Waals surface area contributed by atoms with E-state index in [1.807, 2.05) is 6.07 Å². The number of rotatable bonds is 2. The minimum absolute atomic E-state index is 0.00751. The lowest BCUT2D eigenvalue weighted by Crippen LogP contribution is -2.19. The van der Waals surface area contributed by atoms with Gasteiger partial charge in [0.1, 0.15) is 0 Å². The van der Waals surface area contributed by atoms with Gasteiger partial charge in [0, 0.05) is 18.6 Å². The number of hydrogen-bond donors (Lipinski definition) is 0. The quantitative estimate of drug-likeness (QED) is 0.551. The molecule has 1 aromatic carbocycles. The fraction of sp³-hybridized carbons (Fsp3) is 0.267. The molecule has 0 N–H and O–H groups in total. The van der Waals surface area contributed by atoms with Gasteiger partial charge in [-0.25, -0.2) is 4.79 Å². The van der Waals surface area contributed by atoms with Gasteiger partial charge in [-0.1, -0.05) is 31.9 Å². The van der Waals surface area contributed by atoms with Crippen molar-refractivity contribution in [3.8, 4) is 0 Å². The van der Waals surface area contributed by atoms with Gasteiger partial charge in [0.05, 0.1) is 15.9 Å². The minimum atomic E-state index is -0.00751. The highest BCUT2D eigenvalue weighted by Gasteiger charge is 2.19. The van der Waals surface area contributed by atoms with Crippen LogP contribution in [0.1, 0.15) is 21.5 Å². The van der Waals surface area contributed by atoms with Crippen LogP contribution in [0.25, 0.3) is 11.0 Å². The first-order valence-electron chi connectivity index (χ1n) is 6.43. The Morgan fingerprint density at radius 2 is 1.71 bits per heavy atom. The Balaban J connectivity index is 2.24. The van der Waals surface area contributed by atoms with E-state index in [0.29, 0.717) is 0 Å². The molecule has 0 aliphatic heterocycles. The normalized spacial score (nSPS) is 13.0. The molecule has 0 saturated carbocycles. The van der Waals surface area contributed by atoms with Crippen molar-refractivity contribution in [3.63, 3.8) is 0 Å². The number of alkyl halides is 1. The minimum Gasteiger partial charge on any atom is -0.295 e. The van der Waals surface area contributed by atoms with Crippen LogP contribution in [0.15, 0.2) is 32.2 Å². The molecule has 1 unspecified atom stereocenters. The topological polar surface area (TPSA) is 26.9 Å². The van der Waals surface area contributed by atoms with E-state index in [1.165, 1.54) is 11.1 Å². The maximum Gasteiger partial charge on any atom is 0.328 e. The number of imidazole rings is 1. The number of thiophene rings is 1. The van der Waals surface area contributed by atoms with E-state index in [-0.39, 0.29) is 10.5 Å². The van der Waals surface area contributed by atoms with Crippen molar-refractivity contribution in [1.29, 1.82) is 0 Å². The van der Waals surface area contributed by atoms with Crippen LogP contribution < -0.4 is 5.69 Å². The Bertz CT molecular complexity index is 891. The van der Waals surface area contributed by atoms with Crippen LogP contribution >= 0.6 is 43.2 Å². The van der Waals surface area contributed by atoms with Crippen molar-refractivity contribution in [3.05, 3.63) is 54.5 Å². The van der Waals surface area contributed by atoms with Crippen molar-refractivity contribution in [2.75, 3.05) is 0 Å². The van der Waals surface area contributed by atoms with Crippen molar-refractivity contribution in [1.82, 2.24) is 9.13 Å². The Morgan fingerprint density at radius 1 is 1.10 bits per heavy atom. The summed E-state index contributed by atoms with van der Waals surface area (Å²) in [6.07, 6.45) is 0. The summed E-state index contributed by atoms with van der Waals surface area (Å²) < 4.78 is 4.36. The fourth-order valence-electron chi connectivity index (χ4n) is 2.53. The zero-order chi connectivity index (χ0) is 15.3. The van der Waals surface area contributed by atoms with Crippen LogP contribution in [0, 0.1) is 6.92 Å². The van der Waals surface area contributed by atoms with Gasteiger partial charge in [0.15, 0.2) is 0 Å². The van der Waals surface area contributed by atoms with Gasteiger partial charge in [-0.05, 0) is 46.5 Å². The van der Waals surface area contributed by atoms with E-state index in [4.69, 9.17) is 0 Å². The van der Waals surface area contributed by atoms with Crippen molar-refractivity contribution >= 4 is 54.2 Å². The Kier molecular flexibility index (Phi) is 3.88. The third kappa shape index (κ3) is 2.33. The Morgan fingerprint density at radius 3 is 2.29 bits per heavy atom. The summed E-state index contributed by atoms with van der Waals surface area (Å²) in [5.41, 5.74) is 5.53. The summed E-state index contributed by atoms with van der Waals surface area (Å²) in [5.74, 6) is 0. The van der Waals surface area contributed by atoms with Crippen LogP contribution in [-0.2, 0) is 14.1 Å². The molecule has 110 valence electrons. The van der Waals surface area contributed by atoms with Gasteiger partial charge in [-0.3, -0.25) is 9.13 Å². The maximum absolute atomic E-state index is 12.1. The second kappa shape index (κ2) is 5.41. The molecular formula is C15H14Br2N2OS. The van der Waals surface area contributed by atoms with Crippen LogP contribution in [0.4, 0.5) is 0 Å². The average molecular weight is 430 g/mol. The summed E-state index contributed by atoms with van der Waals surface area (Å²) in [5, 5.41) is 4.31. The monoisotopic (exact) mass is 428 g/mol. The summed E-state index contributed by atoms with van der Waals surface area (Å²) in [6, 6.07) is 4.10. The number of fused-ring (bicyclic) bond motifs is 1. The number of aryl methyl sites for hydroxylation is 3. The molecule has 0 fully saturated rings. The molecule has 3 nitrogen and oxygen atoms in total. The van der Waals surface area contributed by atoms with Crippen molar-refractivity contribution < 1.29 is 0 Å². The first-order chi connectivity index (χ1) is 9.91. The van der Waals surface area contributed by atoms with E-state index in [0.717, 1.165) is 21.1 Å². The van der Waals surface area contributed by atoms with E-state index >= 15 is 0 Å². The highest BCUT2D eigenvalue weighted by molar-refractivity contribution is 9.11. The predicted octanol–water partition coefficient (Wildman–Crippen LogP) is 4.49. The van der Waals surface area contributed by atoms with Gasteiger partial charge in [0.2, 0.25) is 0 Å². The Hall–Kier alpha value is -0.850. The van der Waals surface area contributed by atoms with Crippen molar-refractivity contribution in [2.45, 2.75) is 11.8 Å². The first kappa shape index (κ1) is 15.1. The zero-order valence-corrected chi connectivity index (χ0v) is 15.8. The second-order valence-electron chi connectivity index (χ2n) is 5.14. The lowest BCUT2D eigenvalue weighted by Gasteiger charge is -2.13. The summed E-state index contributed by atoms with van der Waals surface area (Å²) in [6.45, 7) is 2.12. The number of nitrogens with zero attached hydrogens (tertiary/aromatic N) is 2. The Labute approximate surface area is 143 Å².